The van der Waals surface area contributed by atoms with Crippen molar-refractivity contribution in [1.29, 1.82) is 0 Å². The van der Waals surface area contributed by atoms with E-state index < -0.39 is 0 Å². The van der Waals surface area contributed by atoms with Gasteiger partial charge in [-0.15, -0.1) is 0 Å². The molecule has 1 unspecified atom stereocenters. The van der Waals surface area contributed by atoms with E-state index in [9.17, 15) is 0 Å². The fraction of sp³-hybridized carbons (Fsp3) is 0.409. The highest BCUT2D eigenvalue weighted by Gasteiger charge is 2.35. The van der Waals surface area contributed by atoms with Crippen LogP contribution in [0.3, 0.4) is 0 Å². The van der Waals surface area contributed by atoms with Crippen LogP contribution in [0.15, 0.2) is 48.8 Å². The monoisotopic (exact) mass is 322 g/mol. The molecule has 3 aromatic rings. The van der Waals surface area contributed by atoms with Crippen LogP contribution in [0, 0.1) is 12.8 Å². The first-order valence-electron chi connectivity index (χ1n) is 8.92. The lowest BCUT2D eigenvalue weighted by atomic mass is 9.68. The zero-order valence-electron chi connectivity index (χ0n) is 16.1. The van der Waals surface area contributed by atoms with Crippen molar-refractivity contribution in [3.8, 4) is 0 Å². The minimum Gasteiger partial charge on any atom is -0.335 e. The standard InChI is InChI=1S/C20H24N2.C2H6/c1-14(2)20(4,16-10-8-15(3)9-11-16)18-13-22(5)19-17(18)7-6-12-21-19;1-2/h6-14H,1-5H3;1-2H3. The minimum atomic E-state index is -0.0315. The first-order valence-corrected chi connectivity index (χ1v) is 8.92. The van der Waals surface area contributed by atoms with Crippen LogP contribution in [-0.4, -0.2) is 9.55 Å². The summed E-state index contributed by atoms with van der Waals surface area (Å²) < 4.78 is 2.14. The molecule has 0 saturated heterocycles. The van der Waals surface area contributed by atoms with Crippen LogP contribution in [0.2, 0.25) is 0 Å². The van der Waals surface area contributed by atoms with Gasteiger partial charge < -0.3 is 4.57 Å². The lowest BCUT2D eigenvalue weighted by molar-refractivity contribution is 0.407. The normalized spacial score (nSPS) is 13.5. The summed E-state index contributed by atoms with van der Waals surface area (Å²) in [5, 5.41) is 1.25. The molecule has 0 amide bonds. The Morgan fingerprint density at radius 3 is 2.25 bits per heavy atom. The zero-order valence-corrected chi connectivity index (χ0v) is 16.1. The van der Waals surface area contributed by atoms with E-state index in [1.807, 2.05) is 26.1 Å². The molecule has 1 aromatic carbocycles. The molecular weight excluding hydrogens is 292 g/mol. The lowest BCUT2D eigenvalue weighted by Crippen LogP contribution is -2.30. The molecule has 0 fully saturated rings. The van der Waals surface area contributed by atoms with Crippen LogP contribution in [-0.2, 0) is 12.5 Å². The van der Waals surface area contributed by atoms with Crippen molar-refractivity contribution in [2.24, 2.45) is 13.0 Å². The molecule has 0 aliphatic heterocycles. The second-order valence-corrected chi connectivity index (χ2v) is 6.75. The third kappa shape index (κ3) is 2.98. The number of hydrogen-bond donors (Lipinski definition) is 0. The third-order valence-electron chi connectivity index (χ3n) is 5.10. The summed E-state index contributed by atoms with van der Waals surface area (Å²) in [7, 11) is 2.08. The van der Waals surface area contributed by atoms with Crippen molar-refractivity contribution in [1.82, 2.24) is 9.55 Å². The van der Waals surface area contributed by atoms with Gasteiger partial charge in [-0.3, -0.25) is 0 Å². The molecule has 2 heteroatoms. The summed E-state index contributed by atoms with van der Waals surface area (Å²) in [6.07, 6.45) is 4.11. The average molecular weight is 322 g/mol. The van der Waals surface area contributed by atoms with Gasteiger partial charge in [0.1, 0.15) is 5.65 Å². The maximum atomic E-state index is 4.54. The van der Waals surface area contributed by atoms with E-state index in [1.165, 1.54) is 22.1 Å². The van der Waals surface area contributed by atoms with E-state index in [4.69, 9.17) is 0 Å². The van der Waals surface area contributed by atoms with Gasteiger partial charge in [0.05, 0.1) is 0 Å². The molecule has 0 bridgehead atoms. The maximum Gasteiger partial charge on any atom is 0.139 e. The van der Waals surface area contributed by atoms with Crippen molar-refractivity contribution in [2.75, 3.05) is 0 Å². The van der Waals surface area contributed by atoms with Crippen molar-refractivity contribution in [2.45, 2.75) is 47.0 Å². The predicted octanol–water partition coefficient (Wildman–Crippen LogP) is 5.87. The van der Waals surface area contributed by atoms with E-state index in [1.54, 1.807) is 0 Å². The molecule has 3 rings (SSSR count). The Hall–Kier alpha value is -2.09. The fourth-order valence-electron chi connectivity index (χ4n) is 3.33. The molecule has 2 heterocycles. The number of pyridine rings is 1. The van der Waals surface area contributed by atoms with E-state index in [-0.39, 0.29) is 5.41 Å². The summed E-state index contributed by atoms with van der Waals surface area (Å²) in [6, 6.07) is 13.2. The molecule has 0 radical (unpaired) electrons. The molecule has 2 nitrogen and oxygen atoms in total. The molecule has 1 atom stereocenters. The highest BCUT2D eigenvalue weighted by Crippen LogP contribution is 2.42. The highest BCUT2D eigenvalue weighted by molar-refractivity contribution is 5.82. The van der Waals surface area contributed by atoms with Gasteiger partial charge in [-0.25, -0.2) is 4.98 Å². The Morgan fingerprint density at radius 1 is 1.04 bits per heavy atom. The van der Waals surface area contributed by atoms with Crippen LogP contribution in [0.5, 0.6) is 0 Å². The largest absolute Gasteiger partial charge is 0.335 e. The van der Waals surface area contributed by atoms with E-state index in [2.05, 4.69) is 80.8 Å². The quantitative estimate of drug-likeness (QED) is 0.589. The second kappa shape index (κ2) is 7.21. The summed E-state index contributed by atoms with van der Waals surface area (Å²) in [5.74, 6) is 0.487. The summed E-state index contributed by atoms with van der Waals surface area (Å²) in [4.78, 5) is 4.54. The first-order chi connectivity index (χ1) is 11.4. The number of nitrogens with zero attached hydrogens (tertiary/aromatic N) is 2. The van der Waals surface area contributed by atoms with Gasteiger partial charge in [-0.2, -0.15) is 0 Å². The van der Waals surface area contributed by atoms with Crippen LogP contribution < -0.4 is 0 Å². The zero-order chi connectivity index (χ0) is 17.9. The van der Waals surface area contributed by atoms with Gasteiger partial charge in [0.25, 0.3) is 0 Å². The maximum absolute atomic E-state index is 4.54. The van der Waals surface area contributed by atoms with Crippen LogP contribution in [0.25, 0.3) is 11.0 Å². The van der Waals surface area contributed by atoms with Crippen LogP contribution in [0.4, 0.5) is 0 Å². The number of benzene rings is 1. The van der Waals surface area contributed by atoms with Gasteiger partial charge in [-0.1, -0.05) is 64.4 Å². The molecule has 128 valence electrons. The predicted molar refractivity (Wildman–Crippen MR) is 105 cm³/mol. The smallest absolute Gasteiger partial charge is 0.139 e. The third-order valence-corrected chi connectivity index (χ3v) is 5.10. The topological polar surface area (TPSA) is 17.8 Å². The van der Waals surface area contributed by atoms with Crippen LogP contribution >= 0.6 is 0 Å². The average Bonchev–Trinajstić information content (AvgIpc) is 2.94. The molecule has 0 aliphatic rings. The number of fused-ring (bicyclic) bond motifs is 1. The Morgan fingerprint density at radius 2 is 1.67 bits per heavy atom. The van der Waals surface area contributed by atoms with Crippen molar-refractivity contribution in [3.05, 3.63) is 65.5 Å². The van der Waals surface area contributed by atoms with Gasteiger partial charge in [-0.05, 0) is 36.1 Å². The summed E-state index contributed by atoms with van der Waals surface area (Å²) in [6.45, 7) is 13.1. The Balaban J connectivity index is 0.00000100. The number of rotatable bonds is 3. The van der Waals surface area contributed by atoms with Crippen molar-refractivity contribution < 1.29 is 0 Å². The van der Waals surface area contributed by atoms with Crippen molar-refractivity contribution in [3.63, 3.8) is 0 Å². The van der Waals surface area contributed by atoms with Gasteiger partial charge >= 0.3 is 0 Å². The summed E-state index contributed by atoms with van der Waals surface area (Å²) in [5.41, 5.74) is 5.04. The van der Waals surface area contributed by atoms with Gasteiger partial charge in [0, 0.05) is 30.2 Å². The van der Waals surface area contributed by atoms with E-state index >= 15 is 0 Å². The van der Waals surface area contributed by atoms with Gasteiger partial charge in [0.2, 0.25) is 0 Å². The lowest BCUT2D eigenvalue weighted by Gasteiger charge is -2.34. The Kier molecular flexibility index (Phi) is 5.48. The van der Waals surface area contributed by atoms with Gasteiger partial charge in [0.15, 0.2) is 0 Å². The van der Waals surface area contributed by atoms with Crippen LogP contribution in [0.1, 0.15) is 51.3 Å². The highest BCUT2D eigenvalue weighted by atomic mass is 15.0. The van der Waals surface area contributed by atoms with Crippen molar-refractivity contribution >= 4 is 11.0 Å². The number of aromatic nitrogens is 2. The fourth-order valence-corrected chi connectivity index (χ4v) is 3.33. The Labute approximate surface area is 146 Å². The summed E-state index contributed by atoms with van der Waals surface area (Å²) >= 11 is 0. The second-order valence-electron chi connectivity index (χ2n) is 6.75. The number of hydrogen-bond acceptors (Lipinski definition) is 1. The molecule has 2 aromatic heterocycles. The molecule has 24 heavy (non-hydrogen) atoms. The number of aryl methyl sites for hydroxylation is 2. The SMILES string of the molecule is CC.Cc1ccc(C(C)(c2cn(C)c3ncccc23)C(C)C)cc1. The molecule has 0 aliphatic carbocycles. The van der Waals surface area contributed by atoms with E-state index in [0.717, 1.165) is 5.65 Å². The molecule has 0 N–H and O–H groups in total. The molecular formula is C22H30N2. The molecule has 0 saturated carbocycles. The first kappa shape index (κ1) is 18.3. The minimum absolute atomic E-state index is 0.0315. The molecule has 0 spiro atoms. The van der Waals surface area contributed by atoms with E-state index in [0.29, 0.717) is 5.92 Å². The Bertz CT molecular complexity index is 796.